The summed E-state index contributed by atoms with van der Waals surface area (Å²) in [6.07, 6.45) is 3.15. The van der Waals surface area contributed by atoms with Gasteiger partial charge in [0, 0.05) is 12.6 Å². The van der Waals surface area contributed by atoms with Crippen molar-refractivity contribution in [2.75, 3.05) is 7.05 Å². The van der Waals surface area contributed by atoms with Gasteiger partial charge in [-0.3, -0.25) is 0 Å². The lowest BCUT2D eigenvalue weighted by molar-refractivity contribution is 0.520. The average molecular weight is 300 g/mol. The smallest absolute Gasteiger partial charge is 0.243 e. The van der Waals surface area contributed by atoms with Crippen LogP contribution in [0.1, 0.15) is 31.7 Å². The molecule has 1 aromatic carbocycles. The molecule has 1 aromatic rings. The largest absolute Gasteiger partial charge is 0.316 e. The predicted octanol–water partition coefficient (Wildman–Crippen LogP) is 2.01. The lowest BCUT2D eigenvalue weighted by Gasteiger charge is -2.14. The third-order valence-electron chi connectivity index (χ3n) is 3.41. The molecule has 1 atom stereocenters. The summed E-state index contributed by atoms with van der Waals surface area (Å²) in [7, 11) is -2.03. The van der Waals surface area contributed by atoms with Gasteiger partial charge in [-0.25, -0.2) is 17.5 Å². The summed E-state index contributed by atoms with van der Waals surface area (Å²) in [5, 5.41) is 2.90. The van der Waals surface area contributed by atoms with E-state index in [-0.39, 0.29) is 10.9 Å². The molecule has 0 aliphatic heterocycles. The molecule has 1 aliphatic carbocycles. The highest BCUT2D eigenvalue weighted by molar-refractivity contribution is 7.89. The molecule has 0 amide bonds. The summed E-state index contributed by atoms with van der Waals surface area (Å²) in [5.41, 5.74) is 0.718. The van der Waals surface area contributed by atoms with Crippen molar-refractivity contribution >= 4 is 10.0 Å². The molecule has 0 spiro atoms. The fraction of sp³-hybridized carbons (Fsp3) is 0.571. The van der Waals surface area contributed by atoms with E-state index in [1.165, 1.54) is 25.0 Å². The van der Waals surface area contributed by atoms with Gasteiger partial charge in [-0.05, 0) is 44.0 Å². The van der Waals surface area contributed by atoms with Gasteiger partial charge >= 0.3 is 0 Å². The maximum Gasteiger partial charge on any atom is 0.243 e. The summed E-state index contributed by atoms with van der Waals surface area (Å²) in [6, 6.07) is 4.05. The molecule has 1 aliphatic rings. The minimum Gasteiger partial charge on any atom is -0.316 e. The molecule has 0 saturated heterocycles. The van der Waals surface area contributed by atoms with Gasteiger partial charge in [0.1, 0.15) is 10.7 Å². The first kappa shape index (κ1) is 15.4. The van der Waals surface area contributed by atoms with Crippen molar-refractivity contribution in [2.24, 2.45) is 5.92 Å². The minimum atomic E-state index is -3.79. The Morgan fingerprint density at radius 2 is 2.10 bits per heavy atom. The second kappa shape index (κ2) is 6.20. The summed E-state index contributed by atoms with van der Waals surface area (Å²) < 4.78 is 40.8. The van der Waals surface area contributed by atoms with Crippen molar-refractivity contribution in [1.29, 1.82) is 0 Å². The van der Waals surface area contributed by atoms with Gasteiger partial charge in [-0.2, -0.15) is 0 Å². The summed E-state index contributed by atoms with van der Waals surface area (Å²) in [5.74, 6) is -0.0839. The molecule has 112 valence electrons. The number of nitrogens with one attached hydrogen (secondary N) is 2. The van der Waals surface area contributed by atoms with E-state index in [9.17, 15) is 12.8 Å². The molecule has 20 heavy (non-hydrogen) atoms. The van der Waals surface area contributed by atoms with E-state index in [2.05, 4.69) is 10.0 Å². The molecule has 1 unspecified atom stereocenters. The summed E-state index contributed by atoms with van der Waals surface area (Å²) in [6.45, 7) is 2.33. The standard InChI is InChI=1S/C14H21FN2O2S/c1-10(7-11-3-4-11)17-20(18,19)14-6-5-12(9-16-2)8-13(14)15/h5-6,8,10-11,16-17H,3-4,7,9H2,1-2H3. The highest BCUT2D eigenvalue weighted by atomic mass is 32.2. The van der Waals surface area contributed by atoms with Crippen LogP contribution in [-0.2, 0) is 16.6 Å². The molecule has 0 radical (unpaired) electrons. The van der Waals surface area contributed by atoms with E-state index in [1.807, 2.05) is 6.92 Å². The van der Waals surface area contributed by atoms with E-state index in [4.69, 9.17) is 0 Å². The van der Waals surface area contributed by atoms with E-state index in [0.29, 0.717) is 12.5 Å². The SMILES string of the molecule is CNCc1ccc(S(=O)(=O)NC(C)CC2CC2)c(F)c1. The number of hydrogen-bond donors (Lipinski definition) is 2. The Bertz CT molecular complexity index is 571. The van der Waals surface area contributed by atoms with Crippen LogP contribution < -0.4 is 10.0 Å². The number of hydrogen-bond acceptors (Lipinski definition) is 3. The summed E-state index contributed by atoms with van der Waals surface area (Å²) in [4.78, 5) is -0.278. The Morgan fingerprint density at radius 3 is 2.65 bits per heavy atom. The zero-order valence-corrected chi connectivity index (χ0v) is 12.6. The van der Waals surface area contributed by atoms with Gasteiger partial charge in [0.2, 0.25) is 10.0 Å². The predicted molar refractivity (Wildman–Crippen MR) is 76.3 cm³/mol. The molecular weight excluding hydrogens is 279 g/mol. The van der Waals surface area contributed by atoms with Crippen molar-refractivity contribution in [1.82, 2.24) is 10.0 Å². The van der Waals surface area contributed by atoms with Crippen LogP contribution >= 0.6 is 0 Å². The number of sulfonamides is 1. The normalized spacial score (nSPS) is 17.1. The Hall–Kier alpha value is -0.980. The van der Waals surface area contributed by atoms with E-state index in [1.54, 1.807) is 13.1 Å². The first-order valence-corrected chi connectivity index (χ1v) is 8.36. The fourth-order valence-corrected chi connectivity index (χ4v) is 3.62. The Labute approximate surface area is 119 Å². The molecule has 2 N–H and O–H groups in total. The van der Waals surface area contributed by atoms with Crippen LogP contribution in [-0.4, -0.2) is 21.5 Å². The highest BCUT2D eigenvalue weighted by Crippen LogP contribution is 2.33. The maximum absolute atomic E-state index is 13.9. The maximum atomic E-state index is 13.9. The third kappa shape index (κ3) is 4.01. The van der Waals surface area contributed by atoms with E-state index in [0.717, 1.165) is 12.0 Å². The fourth-order valence-electron chi connectivity index (χ4n) is 2.31. The molecule has 0 heterocycles. The average Bonchev–Trinajstić information content (AvgIpc) is 3.12. The topological polar surface area (TPSA) is 58.2 Å². The van der Waals surface area contributed by atoms with E-state index < -0.39 is 15.8 Å². The number of halogens is 1. The molecule has 0 aromatic heterocycles. The second-order valence-corrected chi connectivity index (χ2v) is 7.18. The molecule has 0 bridgehead atoms. The summed E-state index contributed by atoms with van der Waals surface area (Å²) >= 11 is 0. The zero-order valence-electron chi connectivity index (χ0n) is 11.8. The monoisotopic (exact) mass is 300 g/mol. The Morgan fingerprint density at radius 1 is 1.40 bits per heavy atom. The Balaban J connectivity index is 2.11. The van der Waals surface area contributed by atoms with Crippen LogP contribution in [0, 0.1) is 11.7 Å². The quantitative estimate of drug-likeness (QED) is 0.810. The molecule has 6 heteroatoms. The van der Waals surface area contributed by atoms with Gasteiger partial charge in [0.15, 0.2) is 0 Å². The molecular formula is C14H21FN2O2S. The van der Waals surface area contributed by atoms with Crippen LogP contribution in [0.4, 0.5) is 4.39 Å². The van der Waals surface area contributed by atoms with Gasteiger partial charge in [-0.15, -0.1) is 0 Å². The van der Waals surface area contributed by atoms with Crippen molar-refractivity contribution in [3.05, 3.63) is 29.6 Å². The second-order valence-electron chi connectivity index (χ2n) is 5.50. The third-order valence-corrected chi connectivity index (χ3v) is 5.03. The van der Waals surface area contributed by atoms with Crippen molar-refractivity contribution < 1.29 is 12.8 Å². The van der Waals surface area contributed by atoms with Crippen molar-refractivity contribution in [3.63, 3.8) is 0 Å². The molecule has 2 rings (SSSR count). The molecule has 4 nitrogen and oxygen atoms in total. The van der Waals surface area contributed by atoms with Crippen LogP contribution in [0.5, 0.6) is 0 Å². The molecule has 1 saturated carbocycles. The number of rotatable bonds is 7. The lowest BCUT2D eigenvalue weighted by Crippen LogP contribution is -2.33. The van der Waals surface area contributed by atoms with Crippen molar-refractivity contribution in [2.45, 2.75) is 43.7 Å². The van der Waals surface area contributed by atoms with Crippen molar-refractivity contribution in [3.8, 4) is 0 Å². The van der Waals surface area contributed by atoms with Gasteiger partial charge in [-0.1, -0.05) is 18.9 Å². The lowest BCUT2D eigenvalue weighted by atomic mass is 10.2. The first-order chi connectivity index (χ1) is 9.42. The van der Waals surface area contributed by atoms with Gasteiger partial charge in [0.05, 0.1) is 0 Å². The first-order valence-electron chi connectivity index (χ1n) is 6.87. The zero-order chi connectivity index (χ0) is 14.8. The van der Waals surface area contributed by atoms with Crippen LogP contribution in [0.3, 0.4) is 0 Å². The number of benzene rings is 1. The molecule has 1 fully saturated rings. The van der Waals surface area contributed by atoms with Crippen LogP contribution in [0.25, 0.3) is 0 Å². The van der Waals surface area contributed by atoms with Crippen LogP contribution in [0.15, 0.2) is 23.1 Å². The minimum absolute atomic E-state index is 0.163. The van der Waals surface area contributed by atoms with Gasteiger partial charge < -0.3 is 5.32 Å². The van der Waals surface area contributed by atoms with E-state index >= 15 is 0 Å². The Kier molecular flexibility index (Phi) is 4.78. The van der Waals surface area contributed by atoms with Crippen LogP contribution in [0.2, 0.25) is 0 Å². The highest BCUT2D eigenvalue weighted by Gasteiger charge is 2.27. The van der Waals surface area contributed by atoms with Gasteiger partial charge in [0.25, 0.3) is 0 Å².